The third-order valence-corrected chi connectivity index (χ3v) is 5.54. The van der Waals surface area contributed by atoms with Gasteiger partial charge in [0.15, 0.2) is 0 Å². The number of hydrogen-bond acceptors (Lipinski definition) is 3. The van der Waals surface area contributed by atoms with Crippen LogP contribution in [0, 0.1) is 0 Å². The molecule has 2 atom stereocenters. The Labute approximate surface area is 145 Å². The lowest BCUT2D eigenvalue weighted by atomic mass is 9.66. The van der Waals surface area contributed by atoms with Crippen LogP contribution in [0.15, 0.2) is 53.1 Å². The summed E-state index contributed by atoms with van der Waals surface area (Å²) in [6, 6.07) is 14.9. The zero-order valence-electron chi connectivity index (χ0n) is 14.9. The van der Waals surface area contributed by atoms with Gasteiger partial charge in [-0.1, -0.05) is 37.3 Å². The van der Waals surface area contributed by atoms with Crippen molar-refractivity contribution in [1.82, 2.24) is 5.32 Å². The lowest BCUT2D eigenvalue weighted by molar-refractivity contribution is -0.0979. The topological polar surface area (TPSA) is 34.4 Å². The van der Waals surface area contributed by atoms with Crippen molar-refractivity contribution in [3.8, 4) is 0 Å². The molecule has 0 amide bonds. The van der Waals surface area contributed by atoms with Gasteiger partial charge < -0.3 is 14.5 Å². The third kappa shape index (κ3) is 3.90. The van der Waals surface area contributed by atoms with E-state index in [9.17, 15) is 0 Å². The van der Waals surface area contributed by atoms with Gasteiger partial charge >= 0.3 is 0 Å². The Hall–Kier alpha value is -1.58. The molecule has 130 valence electrons. The lowest BCUT2D eigenvalue weighted by Gasteiger charge is -2.47. The first kappa shape index (κ1) is 17.2. The molecular weight excluding hydrogens is 298 g/mol. The van der Waals surface area contributed by atoms with Crippen LogP contribution in [0.25, 0.3) is 0 Å². The van der Waals surface area contributed by atoms with Crippen LogP contribution in [0.5, 0.6) is 0 Å². The van der Waals surface area contributed by atoms with E-state index in [0.29, 0.717) is 0 Å². The van der Waals surface area contributed by atoms with Gasteiger partial charge in [0.2, 0.25) is 0 Å². The van der Waals surface area contributed by atoms with Crippen LogP contribution in [0.1, 0.15) is 50.9 Å². The highest BCUT2D eigenvalue weighted by Crippen LogP contribution is 2.45. The average molecular weight is 327 g/mol. The second-order valence-electron chi connectivity index (χ2n) is 7.23. The molecule has 2 heterocycles. The number of rotatable bonds is 7. The first-order valence-electron chi connectivity index (χ1n) is 9.08. The van der Waals surface area contributed by atoms with Gasteiger partial charge in [-0.25, -0.2) is 0 Å². The smallest absolute Gasteiger partial charge is 0.117 e. The third-order valence-electron chi connectivity index (χ3n) is 5.54. The minimum Gasteiger partial charge on any atom is -0.468 e. The Morgan fingerprint density at radius 2 is 1.96 bits per heavy atom. The average Bonchev–Trinajstić information content (AvgIpc) is 3.13. The SMILES string of the molecule is CC[C@@]1(C)C[C@@](CCNCc2ccco2)(c2ccccc2)CCO1. The van der Waals surface area contributed by atoms with Crippen molar-refractivity contribution in [1.29, 1.82) is 0 Å². The van der Waals surface area contributed by atoms with Crippen LogP contribution < -0.4 is 5.32 Å². The van der Waals surface area contributed by atoms with Gasteiger partial charge in [-0.15, -0.1) is 0 Å². The van der Waals surface area contributed by atoms with Crippen molar-refractivity contribution < 1.29 is 9.15 Å². The molecule has 0 spiro atoms. The molecule has 3 nitrogen and oxygen atoms in total. The molecule has 1 aliphatic rings. The maximum atomic E-state index is 6.12. The fourth-order valence-electron chi connectivity index (χ4n) is 3.92. The van der Waals surface area contributed by atoms with Gasteiger partial charge in [-0.05, 0) is 56.8 Å². The molecule has 0 aliphatic carbocycles. The van der Waals surface area contributed by atoms with Crippen molar-refractivity contribution in [3.63, 3.8) is 0 Å². The van der Waals surface area contributed by atoms with Gasteiger partial charge in [0.1, 0.15) is 5.76 Å². The Kier molecular flexibility index (Phi) is 5.42. The summed E-state index contributed by atoms with van der Waals surface area (Å²) >= 11 is 0. The second-order valence-corrected chi connectivity index (χ2v) is 7.23. The van der Waals surface area contributed by atoms with Crippen LogP contribution in [-0.2, 0) is 16.7 Å². The molecule has 1 N–H and O–H groups in total. The van der Waals surface area contributed by atoms with E-state index in [4.69, 9.17) is 9.15 Å². The fourth-order valence-corrected chi connectivity index (χ4v) is 3.92. The summed E-state index contributed by atoms with van der Waals surface area (Å²) in [7, 11) is 0. The van der Waals surface area contributed by atoms with Crippen LogP contribution in [0.4, 0.5) is 0 Å². The molecule has 3 heteroatoms. The zero-order valence-corrected chi connectivity index (χ0v) is 14.9. The predicted octanol–water partition coefficient (Wildman–Crippen LogP) is 4.68. The number of nitrogens with one attached hydrogen (secondary N) is 1. The summed E-state index contributed by atoms with van der Waals surface area (Å²) in [4.78, 5) is 0. The number of ether oxygens (including phenoxy) is 1. The van der Waals surface area contributed by atoms with Gasteiger partial charge in [-0.2, -0.15) is 0 Å². The molecular formula is C21H29NO2. The van der Waals surface area contributed by atoms with Crippen LogP contribution >= 0.6 is 0 Å². The van der Waals surface area contributed by atoms with Gasteiger partial charge in [0.25, 0.3) is 0 Å². The molecule has 1 aromatic carbocycles. The molecule has 1 saturated heterocycles. The Morgan fingerprint density at radius 3 is 2.67 bits per heavy atom. The summed E-state index contributed by atoms with van der Waals surface area (Å²) in [5.41, 5.74) is 1.63. The van der Waals surface area contributed by atoms with Crippen LogP contribution in [-0.4, -0.2) is 18.8 Å². The monoisotopic (exact) mass is 327 g/mol. The zero-order chi connectivity index (χ0) is 16.9. The second kappa shape index (κ2) is 7.54. The van der Waals surface area contributed by atoms with Gasteiger partial charge in [0.05, 0.1) is 18.4 Å². The molecule has 24 heavy (non-hydrogen) atoms. The summed E-state index contributed by atoms with van der Waals surface area (Å²) < 4.78 is 11.5. The molecule has 1 aromatic heterocycles. The van der Waals surface area contributed by atoms with Gasteiger partial charge in [-0.3, -0.25) is 0 Å². The van der Waals surface area contributed by atoms with Crippen molar-refractivity contribution in [2.45, 2.75) is 57.1 Å². The quantitative estimate of drug-likeness (QED) is 0.750. The van der Waals surface area contributed by atoms with Crippen molar-refractivity contribution in [2.75, 3.05) is 13.2 Å². The summed E-state index contributed by atoms with van der Waals surface area (Å²) in [5.74, 6) is 0.995. The first-order chi connectivity index (χ1) is 11.7. The number of benzene rings is 1. The van der Waals surface area contributed by atoms with E-state index in [2.05, 4.69) is 49.5 Å². The molecule has 0 bridgehead atoms. The maximum Gasteiger partial charge on any atom is 0.117 e. The fraction of sp³-hybridized carbons (Fsp3) is 0.524. The normalized spacial score (nSPS) is 27.2. The highest BCUT2D eigenvalue weighted by atomic mass is 16.5. The van der Waals surface area contributed by atoms with E-state index in [0.717, 1.165) is 51.1 Å². The number of furan rings is 1. The lowest BCUT2D eigenvalue weighted by Crippen LogP contribution is -2.46. The Bertz CT molecular complexity index is 610. The summed E-state index contributed by atoms with van der Waals surface area (Å²) in [6.45, 7) is 7.11. The standard InChI is InChI=1S/C21H29NO2/c1-3-20(2)17-21(12-15-24-20,18-8-5-4-6-9-18)11-13-22-16-19-10-7-14-23-19/h4-10,14,22H,3,11-13,15-17H2,1-2H3/t20-,21-/m0/s1. The summed E-state index contributed by atoms with van der Waals surface area (Å²) in [5, 5.41) is 3.54. The largest absolute Gasteiger partial charge is 0.468 e. The Morgan fingerprint density at radius 1 is 1.12 bits per heavy atom. The molecule has 1 fully saturated rings. The molecule has 0 radical (unpaired) electrons. The van der Waals surface area contributed by atoms with Crippen molar-refractivity contribution in [2.24, 2.45) is 0 Å². The molecule has 1 aliphatic heterocycles. The molecule has 2 aromatic rings. The maximum absolute atomic E-state index is 6.12. The van der Waals surface area contributed by atoms with E-state index in [-0.39, 0.29) is 11.0 Å². The molecule has 0 saturated carbocycles. The van der Waals surface area contributed by atoms with Crippen molar-refractivity contribution in [3.05, 3.63) is 60.1 Å². The Balaban J connectivity index is 1.70. The highest BCUT2D eigenvalue weighted by Gasteiger charge is 2.42. The minimum absolute atomic E-state index is 0.0187. The highest BCUT2D eigenvalue weighted by molar-refractivity contribution is 5.27. The van der Waals surface area contributed by atoms with Gasteiger partial charge in [0, 0.05) is 12.0 Å². The van der Waals surface area contributed by atoms with Crippen molar-refractivity contribution >= 4 is 0 Å². The van der Waals surface area contributed by atoms with E-state index in [1.807, 2.05) is 12.1 Å². The molecule has 3 rings (SSSR count). The van der Waals surface area contributed by atoms with Crippen LogP contribution in [0.3, 0.4) is 0 Å². The van der Waals surface area contributed by atoms with Crippen LogP contribution in [0.2, 0.25) is 0 Å². The van der Waals surface area contributed by atoms with E-state index < -0.39 is 0 Å². The predicted molar refractivity (Wildman–Crippen MR) is 97.0 cm³/mol. The van der Waals surface area contributed by atoms with E-state index in [1.165, 1.54) is 5.56 Å². The summed E-state index contributed by atoms with van der Waals surface area (Å²) in [6.07, 6.45) is 6.09. The first-order valence-corrected chi connectivity index (χ1v) is 9.08. The minimum atomic E-state index is -0.0187. The van der Waals surface area contributed by atoms with E-state index in [1.54, 1.807) is 6.26 Å². The number of hydrogen-bond donors (Lipinski definition) is 1. The molecule has 0 unspecified atom stereocenters. The van der Waals surface area contributed by atoms with E-state index >= 15 is 0 Å².